The van der Waals surface area contributed by atoms with E-state index in [0.717, 1.165) is 24.0 Å². The van der Waals surface area contributed by atoms with Crippen LogP contribution in [-0.4, -0.2) is 40.8 Å². The van der Waals surface area contributed by atoms with Crippen molar-refractivity contribution in [1.29, 1.82) is 0 Å². The Bertz CT molecular complexity index is 923. The number of nitrogens with zero attached hydrogens (tertiary/aromatic N) is 3. The van der Waals surface area contributed by atoms with Crippen molar-refractivity contribution < 1.29 is 19.1 Å². The topological polar surface area (TPSA) is 72.0 Å². The van der Waals surface area contributed by atoms with Crippen molar-refractivity contribution in [2.24, 2.45) is 5.92 Å². The number of aromatic nitrogens is 1. The predicted molar refractivity (Wildman–Crippen MR) is 128 cm³/mol. The summed E-state index contributed by atoms with van der Waals surface area (Å²) in [6.45, 7) is 11.0. The number of pyridine rings is 1. The van der Waals surface area contributed by atoms with Crippen molar-refractivity contribution in [3.05, 3.63) is 59.8 Å². The van der Waals surface area contributed by atoms with Crippen LogP contribution in [0.3, 0.4) is 0 Å². The van der Waals surface area contributed by atoms with Gasteiger partial charge in [0.2, 0.25) is 0 Å². The molecule has 1 aliphatic heterocycles. The van der Waals surface area contributed by atoms with E-state index in [1.54, 1.807) is 16.0 Å². The minimum absolute atomic E-state index is 0.0881. The lowest BCUT2D eigenvalue weighted by molar-refractivity contribution is 0.0575. The van der Waals surface area contributed by atoms with E-state index in [2.05, 4.69) is 4.98 Å². The lowest BCUT2D eigenvalue weighted by Gasteiger charge is -2.28. The van der Waals surface area contributed by atoms with Crippen LogP contribution in [0.2, 0.25) is 0 Å². The lowest BCUT2D eigenvalue weighted by atomic mass is 10.1. The molecule has 0 radical (unpaired) electrons. The minimum atomic E-state index is -0.587. The summed E-state index contributed by atoms with van der Waals surface area (Å²) in [7, 11) is 0. The van der Waals surface area contributed by atoms with Gasteiger partial charge < -0.3 is 14.4 Å². The minimum Gasteiger partial charge on any atom is -0.445 e. The summed E-state index contributed by atoms with van der Waals surface area (Å²) in [4.78, 5) is 33.4. The Labute approximate surface area is 196 Å². The molecule has 3 rings (SSSR count). The average molecular weight is 454 g/mol. The van der Waals surface area contributed by atoms with E-state index in [-0.39, 0.29) is 24.7 Å². The molecule has 2 aromatic rings. The van der Waals surface area contributed by atoms with Crippen molar-refractivity contribution in [3.63, 3.8) is 0 Å². The van der Waals surface area contributed by atoms with Crippen LogP contribution in [0.5, 0.6) is 0 Å². The molecule has 33 heavy (non-hydrogen) atoms. The van der Waals surface area contributed by atoms with E-state index in [4.69, 9.17) is 9.47 Å². The second kappa shape index (κ2) is 10.7. The van der Waals surface area contributed by atoms with Gasteiger partial charge in [-0.2, -0.15) is 0 Å². The summed E-state index contributed by atoms with van der Waals surface area (Å²) in [6, 6.07) is 13.3. The zero-order valence-electron chi connectivity index (χ0n) is 20.3. The van der Waals surface area contributed by atoms with E-state index in [1.165, 1.54) is 0 Å². The Morgan fingerprint density at radius 3 is 2.48 bits per heavy atom. The van der Waals surface area contributed by atoms with Crippen molar-refractivity contribution in [2.75, 3.05) is 18.0 Å². The van der Waals surface area contributed by atoms with Gasteiger partial charge in [-0.1, -0.05) is 50.2 Å². The number of hydrogen-bond acceptors (Lipinski definition) is 5. The van der Waals surface area contributed by atoms with Gasteiger partial charge in [-0.25, -0.2) is 14.6 Å². The molecule has 1 aromatic heterocycles. The maximum absolute atomic E-state index is 12.8. The third kappa shape index (κ3) is 6.94. The van der Waals surface area contributed by atoms with E-state index in [1.807, 2.05) is 77.1 Å². The Balaban J connectivity index is 1.70. The molecule has 0 spiro atoms. The van der Waals surface area contributed by atoms with Gasteiger partial charge in [0.05, 0.1) is 6.04 Å². The first-order chi connectivity index (χ1) is 15.6. The fourth-order valence-corrected chi connectivity index (χ4v) is 3.83. The van der Waals surface area contributed by atoms with Crippen LogP contribution in [-0.2, 0) is 16.1 Å². The molecule has 1 aromatic carbocycles. The maximum Gasteiger partial charge on any atom is 0.416 e. The summed E-state index contributed by atoms with van der Waals surface area (Å²) in [5.74, 6) is 0.793. The molecule has 0 N–H and O–H groups in total. The Morgan fingerprint density at radius 1 is 1.15 bits per heavy atom. The Kier molecular flexibility index (Phi) is 7.95. The number of ether oxygens (including phenoxy) is 2. The second-order valence-corrected chi connectivity index (χ2v) is 9.83. The number of carbonyl (C=O) groups is 2. The summed E-state index contributed by atoms with van der Waals surface area (Å²) in [5, 5.41) is 0. The number of anilines is 1. The van der Waals surface area contributed by atoms with Crippen LogP contribution in [0.1, 0.15) is 64.6 Å². The highest BCUT2D eigenvalue weighted by molar-refractivity contribution is 5.86. The third-order valence-corrected chi connectivity index (χ3v) is 5.29. The Morgan fingerprint density at radius 2 is 1.88 bits per heavy atom. The Hall–Kier alpha value is -3.09. The number of likely N-dealkylation sites (tertiary alicyclic amines) is 1. The molecule has 7 heteroatoms. The third-order valence-electron chi connectivity index (χ3n) is 5.29. The maximum atomic E-state index is 12.8. The number of benzene rings is 1. The molecule has 0 unspecified atom stereocenters. The normalized spacial score (nSPS) is 16.1. The number of hydrogen-bond donors (Lipinski definition) is 0. The first-order valence-electron chi connectivity index (χ1n) is 11.6. The van der Waals surface area contributed by atoms with Gasteiger partial charge in [-0.05, 0) is 56.7 Å². The molecule has 7 nitrogen and oxygen atoms in total. The average Bonchev–Trinajstić information content (AvgIpc) is 3.25. The van der Waals surface area contributed by atoms with E-state index < -0.39 is 11.7 Å². The van der Waals surface area contributed by atoms with E-state index in [9.17, 15) is 9.59 Å². The molecule has 0 aliphatic carbocycles. The lowest BCUT2D eigenvalue weighted by Crippen LogP contribution is -2.39. The molecule has 0 bridgehead atoms. The summed E-state index contributed by atoms with van der Waals surface area (Å²) >= 11 is 0. The fourth-order valence-electron chi connectivity index (χ4n) is 3.83. The quantitative estimate of drug-likeness (QED) is 0.540. The molecule has 0 saturated carbocycles. The number of amides is 2. The van der Waals surface area contributed by atoms with Crippen molar-refractivity contribution in [3.8, 4) is 0 Å². The summed E-state index contributed by atoms with van der Waals surface area (Å²) in [6.07, 6.45) is 2.78. The van der Waals surface area contributed by atoms with Crippen molar-refractivity contribution in [2.45, 2.75) is 65.7 Å². The highest BCUT2D eigenvalue weighted by atomic mass is 16.6. The van der Waals surface area contributed by atoms with Crippen LogP contribution in [0.4, 0.5) is 15.4 Å². The molecule has 178 valence electrons. The van der Waals surface area contributed by atoms with Crippen LogP contribution in [0.25, 0.3) is 0 Å². The second-order valence-electron chi connectivity index (χ2n) is 9.83. The molecule has 1 saturated heterocycles. The SMILES string of the molecule is CC(C)CN(C(=O)OC(C)(C)C)c1ccc([C@H]2CCCN2C(=O)OCc2ccccc2)cn1. The van der Waals surface area contributed by atoms with Crippen LogP contribution < -0.4 is 4.90 Å². The van der Waals surface area contributed by atoms with Crippen LogP contribution >= 0.6 is 0 Å². The predicted octanol–water partition coefficient (Wildman–Crippen LogP) is 5.95. The van der Waals surface area contributed by atoms with Gasteiger partial charge in [-0.15, -0.1) is 0 Å². The zero-order valence-corrected chi connectivity index (χ0v) is 20.3. The highest BCUT2D eigenvalue weighted by Crippen LogP contribution is 2.33. The molecule has 2 heterocycles. The highest BCUT2D eigenvalue weighted by Gasteiger charge is 2.32. The fraction of sp³-hybridized carbons (Fsp3) is 0.500. The van der Waals surface area contributed by atoms with Gasteiger partial charge in [0.15, 0.2) is 0 Å². The van der Waals surface area contributed by atoms with Crippen molar-refractivity contribution in [1.82, 2.24) is 9.88 Å². The van der Waals surface area contributed by atoms with Crippen LogP contribution in [0, 0.1) is 5.92 Å². The monoisotopic (exact) mass is 453 g/mol. The largest absolute Gasteiger partial charge is 0.445 e. The molecule has 1 aliphatic rings. The molecular weight excluding hydrogens is 418 g/mol. The van der Waals surface area contributed by atoms with Gasteiger partial charge in [-0.3, -0.25) is 4.90 Å². The zero-order chi connectivity index (χ0) is 24.0. The summed E-state index contributed by atoms with van der Waals surface area (Å²) in [5.41, 5.74) is 1.30. The van der Waals surface area contributed by atoms with E-state index >= 15 is 0 Å². The standard InChI is InChI=1S/C26H35N3O4/c1-19(2)17-29(25(31)33-26(3,4)5)23-14-13-21(16-27-23)22-12-9-15-28(22)24(30)32-18-20-10-7-6-8-11-20/h6-8,10-11,13-14,16,19,22H,9,12,15,17-18H2,1-5H3/t22-/m1/s1. The molecule has 1 fully saturated rings. The summed E-state index contributed by atoms with van der Waals surface area (Å²) < 4.78 is 11.1. The smallest absolute Gasteiger partial charge is 0.416 e. The van der Waals surface area contributed by atoms with Crippen LogP contribution in [0.15, 0.2) is 48.7 Å². The molecule has 2 amide bonds. The van der Waals surface area contributed by atoms with E-state index in [0.29, 0.717) is 18.9 Å². The number of rotatable bonds is 6. The van der Waals surface area contributed by atoms with Crippen molar-refractivity contribution >= 4 is 18.0 Å². The molecular formula is C26H35N3O4. The number of carbonyl (C=O) groups excluding carboxylic acids is 2. The van der Waals surface area contributed by atoms with Gasteiger partial charge in [0.1, 0.15) is 18.0 Å². The van der Waals surface area contributed by atoms with Gasteiger partial charge in [0, 0.05) is 19.3 Å². The molecule has 1 atom stereocenters. The van der Waals surface area contributed by atoms with Gasteiger partial charge >= 0.3 is 12.2 Å². The first-order valence-corrected chi connectivity index (χ1v) is 11.6. The first kappa shape index (κ1) is 24.6. The van der Waals surface area contributed by atoms with Gasteiger partial charge in [0.25, 0.3) is 0 Å².